The van der Waals surface area contributed by atoms with Crippen molar-refractivity contribution in [2.24, 2.45) is 0 Å². The Labute approximate surface area is 70.7 Å². The summed E-state index contributed by atoms with van der Waals surface area (Å²) >= 11 is 5.10. The van der Waals surface area contributed by atoms with Crippen molar-refractivity contribution in [3.63, 3.8) is 0 Å². The molecule has 0 saturated carbocycles. The van der Waals surface area contributed by atoms with Crippen molar-refractivity contribution in [3.05, 3.63) is 0 Å². The molecule has 11 heavy (non-hydrogen) atoms. The molecule has 64 valence electrons. The minimum atomic E-state index is -0.474. The summed E-state index contributed by atoms with van der Waals surface area (Å²) < 4.78 is 4.77. The molecule has 0 aromatic rings. The summed E-state index contributed by atoms with van der Waals surface area (Å²) in [5.74, 6) is -0.380. The number of carbonyl (C=O) groups excluding carboxylic acids is 2. The van der Waals surface area contributed by atoms with Gasteiger partial charge in [-0.2, -0.15) is 0 Å². The molecule has 0 radical (unpaired) electrons. The third-order valence-corrected chi connectivity index (χ3v) is 1.33. The molecule has 0 amide bonds. The zero-order valence-corrected chi connectivity index (χ0v) is 7.35. The van der Waals surface area contributed by atoms with Crippen LogP contribution in [0.5, 0.6) is 0 Å². The Bertz CT molecular complexity index is 140. The van der Waals surface area contributed by atoms with Gasteiger partial charge in [-0.05, 0) is 18.0 Å². The molecule has 0 aromatic carbocycles. The number of hydrogen-bond acceptors (Lipinski definition) is 3. The van der Waals surface area contributed by atoms with Crippen molar-refractivity contribution in [2.45, 2.75) is 32.8 Å². The van der Waals surface area contributed by atoms with Gasteiger partial charge in [-0.1, -0.05) is 6.92 Å². The monoisotopic (exact) mass is 178 g/mol. The van der Waals surface area contributed by atoms with E-state index in [0.29, 0.717) is 6.42 Å². The molecular weight excluding hydrogens is 168 g/mol. The van der Waals surface area contributed by atoms with Gasteiger partial charge in [0.15, 0.2) is 0 Å². The second-order valence-corrected chi connectivity index (χ2v) is 2.62. The quantitative estimate of drug-likeness (QED) is 0.484. The van der Waals surface area contributed by atoms with Crippen LogP contribution in [0.3, 0.4) is 0 Å². The summed E-state index contributed by atoms with van der Waals surface area (Å²) in [4.78, 5) is 20.8. The molecule has 0 heterocycles. The first-order valence-electron chi connectivity index (χ1n) is 3.41. The topological polar surface area (TPSA) is 43.4 Å². The SMILES string of the molecule is CCC(CC(=O)Cl)OC(C)=O. The van der Waals surface area contributed by atoms with Crippen molar-refractivity contribution in [1.29, 1.82) is 0 Å². The van der Waals surface area contributed by atoms with Crippen LogP contribution >= 0.6 is 11.6 Å². The number of hydrogen-bond donors (Lipinski definition) is 0. The van der Waals surface area contributed by atoms with E-state index in [4.69, 9.17) is 16.3 Å². The number of halogens is 1. The molecule has 4 heteroatoms. The third kappa shape index (κ3) is 5.85. The van der Waals surface area contributed by atoms with Gasteiger partial charge in [0.05, 0.1) is 6.42 Å². The first kappa shape index (κ1) is 10.4. The maximum Gasteiger partial charge on any atom is 0.302 e. The highest BCUT2D eigenvalue weighted by Gasteiger charge is 2.12. The van der Waals surface area contributed by atoms with Gasteiger partial charge in [0.25, 0.3) is 0 Å². The molecule has 0 fully saturated rings. The summed E-state index contributed by atoms with van der Waals surface area (Å²) in [5.41, 5.74) is 0. The van der Waals surface area contributed by atoms with E-state index in [2.05, 4.69) is 0 Å². The molecule has 0 saturated heterocycles. The van der Waals surface area contributed by atoms with Crippen LogP contribution < -0.4 is 0 Å². The normalized spacial score (nSPS) is 12.3. The van der Waals surface area contributed by atoms with Gasteiger partial charge in [0.2, 0.25) is 5.24 Å². The lowest BCUT2D eigenvalue weighted by molar-refractivity contribution is -0.147. The Balaban J connectivity index is 3.76. The number of ether oxygens (including phenoxy) is 1. The zero-order chi connectivity index (χ0) is 8.85. The maximum absolute atomic E-state index is 10.4. The van der Waals surface area contributed by atoms with Gasteiger partial charge >= 0.3 is 5.97 Å². The molecular formula is C7H11ClO3. The Hall–Kier alpha value is -0.570. The molecule has 1 atom stereocenters. The minimum Gasteiger partial charge on any atom is -0.462 e. The molecule has 3 nitrogen and oxygen atoms in total. The van der Waals surface area contributed by atoms with Gasteiger partial charge in [0, 0.05) is 6.92 Å². The van der Waals surface area contributed by atoms with Crippen molar-refractivity contribution in [1.82, 2.24) is 0 Å². The van der Waals surface area contributed by atoms with E-state index in [9.17, 15) is 9.59 Å². The predicted molar refractivity (Wildman–Crippen MR) is 41.3 cm³/mol. The lowest BCUT2D eigenvalue weighted by Gasteiger charge is -2.11. The van der Waals surface area contributed by atoms with Crippen molar-refractivity contribution < 1.29 is 14.3 Å². The van der Waals surface area contributed by atoms with Crippen LogP contribution in [-0.2, 0) is 14.3 Å². The number of carbonyl (C=O) groups is 2. The van der Waals surface area contributed by atoms with Crippen LogP contribution in [0.15, 0.2) is 0 Å². The van der Waals surface area contributed by atoms with E-state index < -0.39 is 5.24 Å². The highest BCUT2D eigenvalue weighted by atomic mass is 35.5. The fourth-order valence-electron chi connectivity index (χ4n) is 0.683. The summed E-state index contributed by atoms with van der Waals surface area (Å²) in [5, 5.41) is -0.474. The van der Waals surface area contributed by atoms with Crippen LogP contribution in [0.4, 0.5) is 0 Å². The smallest absolute Gasteiger partial charge is 0.302 e. The highest BCUT2D eigenvalue weighted by molar-refractivity contribution is 6.63. The molecule has 0 aliphatic rings. The Kier molecular flexibility index (Phi) is 4.86. The highest BCUT2D eigenvalue weighted by Crippen LogP contribution is 2.05. The minimum absolute atomic E-state index is 0.0949. The van der Waals surface area contributed by atoms with Gasteiger partial charge in [-0.3, -0.25) is 9.59 Å². The molecule has 0 aliphatic heterocycles. The second kappa shape index (κ2) is 5.13. The van der Waals surface area contributed by atoms with Gasteiger partial charge in [-0.15, -0.1) is 0 Å². The van der Waals surface area contributed by atoms with E-state index >= 15 is 0 Å². The standard InChI is InChI=1S/C7H11ClO3/c1-3-6(4-7(8)10)11-5(2)9/h6H,3-4H2,1-2H3. The molecule has 0 aliphatic carbocycles. The molecule has 0 N–H and O–H groups in total. The summed E-state index contributed by atoms with van der Waals surface area (Å²) in [6.45, 7) is 3.13. The molecule has 0 bridgehead atoms. The average Bonchev–Trinajstić information content (AvgIpc) is 1.84. The Morgan fingerprint density at radius 3 is 2.36 bits per heavy atom. The lowest BCUT2D eigenvalue weighted by atomic mass is 10.2. The van der Waals surface area contributed by atoms with E-state index in [1.54, 1.807) is 0 Å². The number of rotatable bonds is 4. The van der Waals surface area contributed by atoms with Crippen molar-refractivity contribution >= 4 is 22.8 Å². The predicted octanol–water partition coefficient (Wildman–Crippen LogP) is 1.48. The first-order chi connectivity index (χ1) is 5.06. The van der Waals surface area contributed by atoms with E-state index in [1.807, 2.05) is 6.92 Å². The van der Waals surface area contributed by atoms with Gasteiger partial charge < -0.3 is 4.74 Å². The summed E-state index contributed by atoms with van der Waals surface area (Å²) in [6.07, 6.45) is 0.341. The summed E-state index contributed by atoms with van der Waals surface area (Å²) in [6, 6.07) is 0. The van der Waals surface area contributed by atoms with Crippen LogP contribution in [0, 0.1) is 0 Å². The Morgan fingerprint density at radius 2 is 2.09 bits per heavy atom. The molecule has 0 aromatic heterocycles. The molecule has 1 unspecified atom stereocenters. The van der Waals surface area contributed by atoms with Crippen molar-refractivity contribution in [2.75, 3.05) is 0 Å². The zero-order valence-electron chi connectivity index (χ0n) is 6.59. The second-order valence-electron chi connectivity index (χ2n) is 2.20. The maximum atomic E-state index is 10.4. The average molecular weight is 179 g/mol. The van der Waals surface area contributed by atoms with Crippen molar-refractivity contribution in [3.8, 4) is 0 Å². The van der Waals surface area contributed by atoms with E-state index in [-0.39, 0.29) is 18.5 Å². The Morgan fingerprint density at radius 1 is 1.55 bits per heavy atom. The van der Waals surface area contributed by atoms with Crippen LogP contribution in [0.2, 0.25) is 0 Å². The lowest BCUT2D eigenvalue weighted by Crippen LogP contribution is -2.17. The molecule has 0 spiro atoms. The van der Waals surface area contributed by atoms with Gasteiger partial charge in [-0.25, -0.2) is 0 Å². The number of esters is 1. The van der Waals surface area contributed by atoms with Crippen LogP contribution in [0.1, 0.15) is 26.7 Å². The van der Waals surface area contributed by atoms with E-state index in [0.717, 1.165) is 0 Å². The largest absolute Gasteiger partial charge is 0.462 e. The fourth-order valence-corrected chi connectivity index (χ4v) is 0.855. The first-order valence-corrected chi connectivity index (χ1v) is 3.79. The molecule has 0 rings (SSSR count). The van der Waals surface area contributed by atoms with Crippen LogP contribution in [-0.4, -0.2) is 17.3 Å². The fraction of sp³-hybridized carbons (Fsp3) is 0.714. The summed E-state index contributed by atoms with van der Waals surface area (Å²) in [7, 11) is 0. The van der Waals surface area contributed by atoms with E-state index in [1.165, 1.54) is 6.92 Å². The van der Waals surface area contributed by atoms with Gasteiger partial charge in [0.1, 0.15) is 6.10 Å². The van der Waals surface area contributed by atoms with Crippen LogP contribution in [0.25, 0.3) is 0 Å². The third-order valence-electron chi connectivity index (χ3n) is 1.18.